The van der Waals surface area contributed by atoms with Gasteiger partial charge in [-0.2, -0.15) is 0 Å². The molecule has 188 valence electrons. The molecule has 5 heteroatoms. The molecule has 0 saturated heterocycles. The normalized spacial score (nSPS) is 13.2. The number of fused-ring (bicyclic) bond motifs is 1. The van der Waals surface area contributed by atoms with Crippen molar-refractivity contribution in [1.82, 2.24) is 10.6 Å². The second-order valence-electron chi connectivity index (χ2n) is 9.45. The molecule has 5 nitrogen and oxygen atoms in total. The zero-order valence-corrected chi connectivity index (χ0v) is 21.0. The maximum absolute atomic E-state index is 13.3. The van der Waals surface area contributed by atoms with Crippen molar-refractivity contribution in [1.29, 1.82) is 0 Å². The highest BCUT2D eigenvalue weighted by Gasteiger charge is 2.44. The van der Waals surface area contributed by atoms with E-state index in [1.54, 1.807) is 6.07 Å². The number of amides is 2. The molecule has 0 unspecified atom stereocenters. The third kappa shape index (κ3) is 6.54. The number of Topliss-reactive ketones (excluding diaryl/α,β-unsaturated/α-hetero) is 1. The molecule has 0 aromatic heterocycles. The number of rotatable bonds is 10. The molecule has 4 rings (SSSR count). The first-order chi connectivity index (χ1) is 18.0. The predicted molar refractivity (Wildman–Crippen MR) is 147 cm³/mol. The number of nitrogens with one attached hydrogen (secondary N) is 2. The maximum Gasteiger partial charge on any atom is 0.309 e. The molecule has 2 amide bonds. The van der Waals surface area contributed by atoms with Crippen LogP contribution < -0.4 is 10.6 Å². The number of unbranched alkanes of at least 4 members (excludes halogenated alkanes) is 1. The summed E-state index contributed by atoms with van der Waals surface area (Å²) in [5.41, 5.74) is 2.69. The fourth-order valence-corrected chi connectivity index (χ4v) is 4.79. The highest BCUT2D eigenvalue weighted by Crippen LogP contribution is 2.53. The first-order valence-corrected chi connectivity index (χ1v) is 12.8. The zero-order valence-electron chi connectivity index (χ0n) is 21.0. The second-order valence-corrected chi connectivity index (χ2v) is 9.45. The van der Waals surface area contributed by atoms with Gasteiger partial charge in [-0.3, -0.25) is 14.4 Å². The summed E-state index contributed by atoms with van der Waals surface area (Å²) < 4.78 is 0. The molecule has 37 heavy (non-hydrogen) atoms. The summed E-state index contributed by atoms with van der Waals surface area (Å²) in [7, 11) is 0. The molecule has 0 aliphatic heterocycles. The monoisotopic (exact) mass is 492 g/mol. The summed E-state index contributed by atoms with van der Waals surface area (Å²) in [5, 5.41) is 7.73. The third-order valence-electron chi connectivity index (χ3n) is 6.98. The number of hydrogen-bond donors (Lipinski definition) is 2. The SMILES string of the molecule is C=CC#CCCCNC(=O)C(=O)NCc1ccccc1C(=O)CCC1(c2cccc3ccccc23)CC1. The van der Waals surface area contributed by atoms with Gasteiger partial charge in [0.1, 0.15) is 0 Å². The van der Waals surface area contributed by atoms with E-state index in [2.05, 4.69) is 71.5 Å². The van der Waals surface area contributed by atoms with Crippen LogP contribution in [0.15, 0.2) is 79.4 Å². The molecule has 0 atom stereocenters. The molecule has 0 heterocycles. The molecule has 1 aliphatic carbocycles. The van der Waals surface area contributed by atoms with Crippen LogP contribution >= 0.6 is 0 Å². The van der Waals surface area contributed by atoms with Crippen LogP contribution in [0.25, 0.3) is 10.8 Å². The highest BCUT2D eigenvalue weighted by molar-refractivity contribution is 6.35. The minimum atomic E-state index is -0.715. The van der Waals surface area contributed by atoms with Crippen molar-refractivity contribution in [3.8, 4) is 11.8 Å². The number of carbonyl (C=O) groups is 3. The quantitative estimate of drug-likeness (QED) is 0.176. The number of hydrogen-bond acceptors (Lipinski definition) is 3. The van der Waals surface area contributed by atoms with E-state index in [0.717, 1.165) is 19.3 Å². The number of allylic oxidation sites excluding steroid dienone is 1. The van der Waals surface area contributed by atoms with E-state index in [0.29, 0.717) is 36.9 Å². The van der Waals surface area contributed by atoms with Crippen LogP contribution in [0.3, 0.4) is 0 Å². The van der Waals surface area contributed by atoms with E-state index >= 15 is 0 Å². The van der Waals surface area contributed by atoms with Crippen molar-refractivity contribution in [3.05, 3.63) is 96.1 Å². The van der Waals surface area contributed by atoms with Crippen LogP contribution in [-0.4, -0.2) is 24.1 Å². The Balaban J connectivity index is 1.33. The first kappa shape index (κ1) is 25.9. The van der Waals surface area contributed by atoms with Gasteiger partial charge in [0.15, 0.2) is 5.78 Å². The zero-order chi connectivity index (χ0) is 26.1. The van der Waals surface area contributed by atoms with Gasteiger partial charge in [0.25, 0.3) is 0 Å². The molecule has 0 spiro atoms. The van der Waals surface area contributed by atoms with Crippen molar-refractivity contribution in [2.45, 2.75) is 50.5 Å². The van der Waals surface area contributed by atoms with Crippen LogP contribution in [0.4, 0.5) is 0 Å². The molecule has 2 N–H and O–H groups in total. The summed E-state index contributed by atoms with van der Waals surface area (Å²) in [5.74, 6) is 4.28. The average molecular weight is 493 g/mol. The Kier molecular flexibility index (Phi) is 8.53. The van der Waals surface area contributed by atoms with Crippen LogP contribution in [0.1, 0.15) is 60.0 Å². The number of carbonyl (C=O) groups excluding carboxylic acids is 3. The Bertz CT molecular complexity index is 1370. The molecule has 3 aromatic rings. The second kappa shape index (κ2) is 12.2. The summed E-state index contributed by atoms with van der Waals surface area (Å²) in [6.07, 6.45) is 6.18. The molecular weight excluding hydrogens is 460 g/mol. The summed E-state index contributed by atoms with van der Waals surface area (Å²) in [4.78, 5) is 37.6. The number of ketones is 1. The molecule has 3 aromatic carbocycles. The third-order valence-corrected chi connectivity index (χ3v) is 6.98. The Morgan fingerprint density at radius 1 is 0.919 bits per heavy atom. The van der Waals surface area contributed by atoms with Gasteiger partial charge in [-0.25, -0.2) is 0 Å². The van der Waals surface area contributed by atoms with Gasteiger partial charge >= 0.3 is 11.8 Å². The standard InChI is InChI=1S/C32H32N2O3/c1-2-3-4-5-10-22-33-30(36)31(37)34-23-25-13-7-9-16-27(25)29(35)18-19-32(20-21-32)28-17-11-14-24-12-6-8-15-26(24)28/h2,6-9,11-17H,1,5,10,18-23H2,(H,33,36)(H,34,37). The summed E-state index contributed by atoms with van der Waals surface area (Å²) in [6.45, 7) is 4.01. The van der Waals surface area contributed by atoms with E-state index in [4.69, 9.17) is 0 Å². The fraction of sp³-hybridized carbons (Fsp3) is 0.281. The van der Waals surface area contributed by atoms with Crippen LogP contribution in [-0.2, 0) is 21.5 Å². The van der Waals surface area contributed by atoms with Crippen LogP contribution in [0, 0.1) is 11.8 Å². The Morgan fingerprint density at radius 2 is 1.65 bits per heavy atom. The van der Waals surface area contributed by atoms with Crippen molar-refractivity contribution in [2.24, 2.45) is 0 Å². The molecule has 1 fully saturated rings. The Hall–Kier alpha value is -4.17. The lowest BCUT2D eigenvalue weighted by atomic mass is 9.85. The minimum absolute atomic E-state index is 0.0506. The van der Waals surface area contributed by atoms with E-state index in [-0.39, 0.29) is 17.7 Å². The lowest BCUT2D eigenvalue weighted by Crippen LogP contribution is -2.40. The van der Waals surface area contributed by atoms with E-state index in [9.17, 15) is 14.4 Å². The van der Waals surface area contributed by atoms with Gasteiger partial charge in [-0.15, -0.1) is 0 Å². The molecule has 1 saturated carbocycles. The van der Waals surface area contributed by atoms with Gasteiger partial charge in [-0.05, 0) is 59.1 Å². The maximum atomic E-state index is 13.3. The van der Waals surface area contributed by atoms with Crippen LogP contribution in [0.5, 0.6) is 0 Å². The van der Waals surface area contributed by atoms with Crippen LogP contribution in [0.2, 0.25) is 0 Å². The van der Waals surface area contributed by atoms with E-state index < -0.39 is 11.8 Å². The highest BCUT2D eigenvalue weighted by atomic mass is 16.2. The van der Waals surface area contributed by atoms with Crippen molar-refractivity contribution < 1.29 is 14.4 Å². The Labute approximate surface area is 218 Å². The molecule has 0 radical (unpaired) electrons. The predicted octanol–water partition coefficient (Wildman–Crippen LogP) is 5.24. The molecule has 1 aliphatic rings. The smallest absolute Gasteiger partial charge is 0.309 e. The van der Waals surface area contributed by atoms with Gasteiger partial charge in [-0.1, -0.05) is 85.1 Å². The summed E-state index contributed by atoms with van der Waals surface area (Å²) in [6, 6.07) is 22.1. The number of benzene rings is 3. The minimum Gasteiger partial charge on any atom is -0.348 e. The van der Waals surface area contributed by atoms with E-state index in [1.165, 1.54) is 22.4 Å². The van der Waals surface area contributed by atoms with Gasteiger partial charge in [0.05, 0.1) is 0 Å². The largest absolute Gasteiger partial charge is 0.348 e. The lowest BCUT2D eigenvalue weighted by molar-refractivity contribution is -0.139. The average Bonchev–Trinajstić information content (AvgIpc) is 3.73. The molecule has 0 bridgehead atoms. The van der Waals surface area contributed by atoms with Gasteiger partial charge in [0.2, 0.25) is 0 Å². The van der Waals surface area contributed by atoms with E-state index in [1.807, 2.05) is 18.2 Å². The van der Waals surface area contributed by atoms with Crippen molar-refractivity contribution >= 4 is 28.4 Å². The van der Waals surface area contributed by atoms with Crippen molar-refractivity contribution in [2.75, 3.05) is 6.54 Å². The van der Waals surface area contributed by atoms with Gasteiger partial charge in [0, 0.05) is 31.5 Å². The topological polar surface area (TPSA) is 75.3 Å². The Morgan fingerprint density at radius 3 is 2.46 bits per heavy atom. The van der Waals surface area contributed by atoms with Gasteiger partial charge < -0.3 is 10.6 Å². The summed E-state index contributed by atoms with van der Waals surface area (Å²) >= 11 is 0. The first-order valence-electron chi connectivity index (χ1n) is 12.8. The van der Waals surface area contributed by atoms with Crippen molar-refractivity contribution in [3.63, 3.8) is 0 Å². The fourth-order valence-electron chi connectivity index (χ4n) is 4.79. The lowest BCUT2D eigenvalue weighted by Gasteiger charge is -2.18. The molecular formula is C32H32N2O3.